The molecule has 600 valence electrons. The van der Waals surface area contributed by atoms with E-state index < -0.39 is 97.5 Å². The van der Waals surface area contributed by atoms with Crippen LogP contribution in [-0.2, 0) is 65.4 Å². The topological polar surface area (TPSA) is 237 Å². The summed E-state index contributed by atoms with van der Waals surface area (Å²) in [7, 11) is -9.91. The average Bonchev–Trinajstić information content (AvgIpc) is 1.07. The smallest absolute Gasteiger partial charge is 0.462 e. The van der Waals surface area contributed by atoms with Gasteiger partial charge in [-0.2, -0.15) is 0 Å². The van der Waals surface area contributed by atoms with Crippen LogP contribution < -0.4 is 0 Å². The van der Waals surface area contributed by atoms with Crippen molar-refractivity contribution in [2.24, 2.45) is 5.92 Å². The number of phosphoric ester groups is 2. The highest BCUT2D eigenvalue weighted by Gasteiger charge is 2.30. The molecule has 0 aliphatic heterocycles. The minimum absolute atomic E-state index is 0.108. The van der Waals surface area contributed by atoms with Gasteiger partial charge in [0.1, 0.15) is 19.3 Å². The molecule has 0 heterocycles. The van der Waals surface area contributed by atoms with E-state index in [0.717, 1.165) is 102 Å². The lowest BCUT2D eigenvalue weighted by atomic mass is 10.0. The number of hydrogen-bond acceptors (Lipinski definition) is 15. The van der Waals surface area contributed by atoms with Crippen LogP contribution in [0.15, 0.2) is 0 Å². The van der Waals surface area contributed by atoms with Gasteiger partial charge in [-0.3, -0.25) is 37.3 Å². The lowest BCUT2D eigenvalue weighted by molar-refractivity contribution is -0.161. The van der Waals surface area contributed by atoms with Crippen molar-refractivity contribution in [2.75, 3.05) is 39.6 Å². The fourth-order valence-corrected chi connectivity index (χ4v) is 14.3. The van der Waals surface area contributed by atoms with Crippen molar-refractivity contribution in [3.8, 4) is 0 Å². The maximum atomic E-state index is 13.1. The average molecular weight is 1480 g/mol. The third-order valence-electron chi connectivity index (χ3n) is 19.3. The first-order valence-corrected chi connectivity index (χ1v) is 45.6. The summed E-state index contributed by atoms with van der Waals surface area (Å²) in [5.41, 5.74) is 0. The zero-order chi connectivity index (χ0) is 74.1. The van der Waals surface area contributed by atoms with Crippen LogP contribution >= 0.6 is 15.6 Å². The Labute approximate surface area is 619 Å². The molecule has 0 saturated heterocycles. The van der Waals surface area contributed by atoms with Gasteiger partial charge in [-0.15, -0.1) is 0 Å². The second kappa shape index (κ2) is 74.9. The van der Waals surface area contributed by atoms with Gasteiger partial charge in [0, 0.05) is 25.7 Å². The monoisotopic (exact) mass is 1480 g/mol. The minimum Gasteiger partial charge on any atom is -0.462 e. The number of aliphatic hydroxyl groups excluding tert-OH is 1. The van der Waals surface area contributed by atoms with Crippen LogP contribution in [0.5, 0.6) is 0 Å². The van der Waals surface area contributed by atoms with Gasteiger partial charge < -0.3 is 33.8 Å². The van der Waals surface area contributed by atoms with Crippen LogP contribution in [0.25, 0.3) is 0 Å². The molecule has 0 amide bonds. The van der Waals surface area contributed by atoms with Crippen molar-refractivity contribution in [1.82, 2.24) is 0 Å². The number of unbranched alkanes of at least 4 members (excludes halogenated alkanes) is 54. The van der Waals surface area contributed by atoms with Crippen molar-refractivity contribution < 1.29 is 80.2 Å². The Morgan fingerprint density at radius 3 is 0.673 bits per heavy atom. The van der Waals surface area contributed by atoms with Gasteiger partial charge in [-0.1, -0.05) is 388 Å². The summed E-state index contributed by atoms with van der Waals surface area (Å²) in [6.45, 7) is 7.27. The lowest BCUT2D eigenvalue weighted by Crippen LogP contribution is -2.30. The quantitative estimate of drug-likeness (QED) is 0.0222. The van der Waals surface area contributed by atoms with Gasteiger partial charge in [-0.05, 0) is 31.6 Å². The molecule has 0 rings (SSSR count). The molecular formula is C82H160O17P2. The molecule has 0 radical (unpaired) electrons. The van der Waals surface area contributed by atoms with E-state index in [0.29, 0.717) is 25.7 Å². The van der Waals surface area contributed by atoms with Gasteiger partial charge in [-0.25, -0.2) is 9.13 Å². The van der Waals surface area contributed by atoms with Gasteiger partial charge >= 0.3 is 39.5 Å². The summed E-state index contributed by atoms with van der Waals surface area (Å²) in [5.74, 6) is -1.32. The maximum Gasteiger partial charge on any atom is 0.472 e. The zero-order valence-electron chi connectivity index (χ0n) is 66.1. The minimum atomic E-state index is -4.96. The SMILES string of the molecule is CCCCCCCCCCCCCCCCCCCCCCCCC(=O)O[C@H](COC(=O)CCCCCCCCCCCCCCCCC(C)C)COP(=O)(O)OC[C@@H](O)COP(=O)(O)OC[C@@H](COC(=O)CCCCCCC)OC(=O)CCCCCCCCCCCCCCCCCCC. The van der Waals surface area contributed by atoms with Gasteiger partial charge in [0.05, 0.1) is 26.4 Å². The van der Waals surface area contributed by atoms with Crippen molar-refractivity contribution in [1.29, 1.82) is 0 Å². The van der Waals surface area contributed by atoms with E-state index in [1.807, 2.05) is 0 Å². The van der Waals surface area contributed by atoms with E-state index in [1.165, 1.54) is 257 Å². The Hall–Kier alpha value is -1.94. The third kappa shape index (κ3) is 76.1. The van der Waals surface area contributed by atoms with Crippen LogP contribution in [0.1, 0.15) is 439 Å². The van der Waals surface area contributed by atoms with Crippen molar-refractivity contribution >= 4 is 39.5 Å². The van der Waals surface area contributed by atoms with Gasteiger partial charge in [0.25, 0.3) is 0 Å². The fraction of sp³-hybridized carbons (Fsp3) is 0.951. The molecule has 0 aliphatic carbocycles. The van der Waals surface area contributed by atoms with Gasteiger partial charge in [0.2, 0.25) is 0 Å². The predicted molar refractivity (Wildman–Crippen MR) is 414 cm³/mol. The van der Waals surface area contributed by atoms with Crippen molar-refractivity contribution in [3.63, 3.8) is 0 Å². The largest absolute Gasteiger partial charge is 0.472 e. The second-order valence-corrected chi connectivity index (χ2v) is 32.9. The zero-order valence-corrected chi connectivity index (χ0v) is 67.8. The van der Waals surface area contributed by atoms with E-state index >= 15 is 0 Å². The van der Waals surface area contributed by atoms with Crippen LogP contribution in [0.4, 0.5) is 0 Å². The summed E-state index contributed by atoms with van der Waals surface area (Å²) < 4.78 is 68.5. The van der Waals surface area contributed by atoms with E-state index in [9.17, 15) is 43.2 Å². The molecule has 101 heavy (non-hydrogen) atoms. The Balaban J connectivity index is 5.10. The second-order valence-electron chi connectivity index (χ2n) is 30.0. The molecule has 5 atom stereocenters. The number of carbonyl (C=O) groups is 4. The lowest BCUT2D eigenvalue weighted by Gasteiger charge is -2.21. The molecule has 0 bridgehead atoms. The van der Waals surface area contributed by atoms with E-state index in [4.69, 9.17) is 37.0 Å². The summed E-state index contributed by atoms with van der Waals surface area (Å²) >= 11 is 0. The highest BCUT2D eigenvalue weighted by molar-refractivity contribution is 7.47. The Morgan fingerprint density at radius 1 is 0.267 bits per heavy atom. The first-order chi connectivity index (χ1) is 49.0. The molecule has 0 fully saturated rings. The number of phosphoric acid groups is 2. The number of hydrogen-bond donors (Lipinski definition) is 3. The van der Waals surface area contributed by atoms with Crippen LogP contribution in [-0.4, -0.2) is 96.7 Å². The van der Waals surface area contributed by atoms with Crippen LogP contribution in [0, 0.1) is 5.92 Å². The molecule has 0 spiro atoms. The number of aliphatic hydroxyl groups is 1. The summed E-state index contributed by atoms with van der Waals surface area (Å²) in [6.07, 6.45) is 67.2. The number of rotatable bonds is 82. The van der Waals surface area contributed by atoms with E-state index in [2.05, 4.69) is 34.6 Å². The van der Waals surface area contributed by atoms with E-state index in [1.54, 1.807) is 0 Å². The highest BCUT2D eigenvalue weighted by atomic mass is 31.2. The van der Waals surface area contributed by atoms with E-state index in [-0.39, 0.29) is 25.7 Å². The molecule has 0 aromatic rings. The molecule has 0 aliphatic rings. The first kappa shape index (κ1) is 99.1. The first-order valence-electron chi connectivity index (χ1n) is 42.6. The number of ether oxygens (including phenoxy) is 4. The standard InChI is InChI=1S/C82H160O17P2/c1-6-9-12-15-17-19-21-23-25-27-28-29-30-31-33-35-41-45-49-53-58-63-68-82(87)99-78(72-93-80(85)66-61-56-51-47-43-39-37-36-38-42-46-50-55-59-64-75(4)5)74-97-101(90,91)95-70-76(83)69-94-100(88,89)96-73-77(71-92-79(84)65-60-54-14-11-8-3)98-81(86)67-62-57-52-48-44-40-34-32-26-24-22-20-18-16-13-10-7-2/h75-78,83H,6-74H2,1-5H3,(H,88,89)(H,90,91)/t76-,77+,78+/m0/s1. The van der Waals surface area contributed by atoms with Crippen molar-refractivity contribution in [2.45, 2.75) is 457 Å². The Bertz CT molecular complexity index is 1930. The molecule has 0 aromatic carbocycles. The third-order valence-corrected chi connectivity index (χ3v) is 21.2. The molecule has 0 aromatic heterocycles. The molecule has 0 saturated carbocycles. The summed E-state index contributed by atoms with van der Waals surface area (Å²) in [6, 6.07) is 0. The molecule has 2 unspecified atom stereocenters. The Kier molecular flexibility index (Phi) is 73.5. The van der Waals surface area contributed by atoms with Crippen LogP contribution in [0.3, 0.4) is 0 Å². The molecule has 19 heteroatoms. The van der Waals surface area contributed by atoms with Gasteiger partial charge in [0.15, 0.2) is 12.2 Å². The summed E-state index contributed by atoms with van der Waals surface area (Å²) in [4.78, 5) is 72.8. The number of carbonyl (C=O) groups excluding carboxylic acids is 4. The fourth-order valence-electron chi connectivity index (χ4n) is 12.8. The van der Waals surface area contributed by atoms with Crippen LogP contribution in [0.2, 0.25) is 0 Å². The molecule has 3 N–H and O–H groups in total. The Morgan fingerprint density at radius 2 is 0.455 bits per heavy atom. The normalized spacial score (nSPS) is 13.8. The maximum absolute atomic E-state index is 13.1. The predicted octanol–water partition coefficient (Wildman–Crippen LogP) is 24.8. The summed E-state index contributed by atoms with van der Waals surface area (Å²) in [5, 5.41) is 10.6. The van der Waals surface area contributed by atoms with Crippen molar-refractivity contribution in [3.05, 3.63) is 0 Å². The number of esters is 4. The molecule has 17 nitrogen and oxygen atoms in total. The molecular weight excluding hydrogens is 1320 g/mol. The highest BCUT2D eigenvalue weighted by Crippen LogP contribution is 2.45.